The van der Waals surface area contributed by atoms with Crippen molar-refractivity contribution >= 4 is 35.3 Å². The maximum atomic E-state index is 12.8. The molecule has 4 heterocycles. The number of aromatic nitrogens is 2. The van der Waals surface area contributed by atoms with Crippen molar-refractivity contribution in [2.45, 2.75) is 19.3 Å². The Morgan fingerprint density at radius 3 is 2.39 bits per heavy atom. The van der Waals surface area contributed by atoms with E-state index in [4.69, 9.17) is 9.47 Å². The Morgan fingerprint density at radius 2 is 1.73 bits per heavy atom. The quantitative estimate of drug-likeness (QED) is 0.606. The molecular weight excluding hydrogens is 440 g/mol. The molecule has 2 aliphatic heterocycles. The molecule has 0 saturated carbocycles. The first-order valence-electron chi connectivity index (χ1n) is 10.9. The van der Waals surface area contributed by atoms with E-state index in [0.29, 0.717) is 11.4 Å². The van der Waals surface area contributed by atoms with Crippen LogP contribution >= 0.6 is 11.3 Å². The summed E-state index contributed by atoms with van der Waals surface area (Å²) in [4.78, 5) is 37.3. The fraction of sp³-hybridized carbons (Fsp3) is 0.417. The largest absolute Gasteiger partial charge is 0.480 e. The van der Waals surface area contributed by atoms with Crippen molar-refractivity contribution in [3.05, 3.63) is 46.3 Å². The van der Waals surface area contributed by atoms with E-state index < -0.39 is 0 Å². The molecule has 2 fully saturated rings. The SMILES string of the molecule is COc1ncc(/C=C/C(=O)N2CCC3(CCN(C(=O)/C=C/c4ccsc4)CC3)C2)c(OC)n1. The smallest absolute Gasteiger partial charge is 0.319 e. The van der Waals surface area contributed by atoms with Gasteiger partial charge in [0.2, 0.25) is 17.7 Å². The molecule has 9 heteroatoms. The highest BCUT2D eigenvalue weighted by molar-refractivity contribution is 7.08. The van der Waals surface area contributed by atoms with Crippen LogP contribution in [0.4, 0.5) is 0 Å². The van der Waals surface area contributed by atoms with E-state index in [1.54, 1.807) is 35.8 Å². The Labute approximate surface area is 197 Å². The van der Waals surface area contributed by atoms with Gasteiger partial charge in [-0.3, -0.25) is 9.59 Å². The normalized spacial score (nSPS) is 17.9. The fourth-order valence-electron chi connectivity index (χ4n) is 4.38. The maximum absolute atomic E-state index is 12.8. The summed E-state index contributed by atoms with van der Waals surface area (Å²) in [5.74, 6) is 0.372. The summed E-state index contributed by atoms with van der Waals surface area (Å²) in [6.45, 7) is 2.90. The second kappa shape index (κ2) is 10.2. The van der Waals surface area contributed by atoms with E-state index in [1.807, 2.05) is 32.7 Å². The van der Waals surface area contributed by atoms with Crippen LogP contribution in [0.5, 0.6) is 11.9 Å². The molecule has 0 radical (unpaired) electrons. The van der Waals surface area contributed by atoms with Crippen LogP contribution in [-0.4, -0.2) is 72.0 Å². The zero-order chi connectivity index (χ0) is 23.3. The number of hydrogen-bond donors (Lipinski definition) is 0. The van der Waals surface area contributed by atoms with Gasteiger partial charge in [0.1, 0.15) is 0 Å². The van der Waals surface area contributed by atoms with Crippen LogP contribution in [0.2, 0.25) is 0 Å². The van der Waals surface area contributed by atoms with Gasteiger partial charge in [-0.15, -0.1) is 0 Å². The monoisotopic (exact) mass is 468 g/mol. The highest BCUT2D eigenvalue weighted by Gasteiger charge is 2.42. The lowest BCUT2D eigenvalue weighted by atomic mass is 9.78. The summed E-state index contributed by atoms with van der Waals surface area (Å²) in [7, 11) is 3.00. The van der Waals surface area contributed by atoms with Gasteiger partial charge in [0, 0.05) is 44.5 Å². The van der Waals surface area contributed by atoms with Crippen molar-refractivity contribution in [2.24, 2.45) is 5.41 Å². The zero-order valence-electron chi connectivity index (χ0n) is 18.9. The summed E-state index contributed by atoms with van der Waals surface area (Å²) < 4.78 is 10.3. The molecule has 2 amide bonds. The molecule has 0 aliphatic carbocycles. The molecule has 8 nitrogen and oxygen atoms in total. The molecular formula is C24H28N4O4S. The van der Waals surface area contributed by atoms with Crippen LogP contribution in [0, 0.1) is 5.41 Å². The predicted octanol–water partition coefficient (Wildman–Crippen LogP) is 3.12. The number of amides is 2. The number of likely N-dealkylation sites (tertiary alicyclic amines) is 2. The standard InChI is InChI=1S/C24H28N4O4S/c1-31-22-19(15-25-23(26-22)32-2)4-6-21(30)28-13-10-24(17-28)8-11-27(12-9-24)20(29)5-3-18-7-14-33-16-18/h3-7,14-16H,8-13,17H2,1-2H3/b5-3+,6-4+. The number of carbonyl (C=O) groups is 2. The first-order valence-corrected chi connectivity index (χ1v) is 11.9. The summed E-state index contributed by atoms with van der Waals surface area (Å²) >= 11 is 1.62. The molecule has 0 atom stereocenters. The minimum Gasteiger partial charge on any atom is -0.480 e. The second-order valence-corrected chi connectivity index (χ2v) is 9.16. The van der Waals surface area contributed by atoms with Gasteiger partial charge >= 0.3 is 6.01 Å². The van der Waals surface area contributed by atoms with Crippen molar-refractivity contribution in [1.82, 2.24) is 19.8 Å². The van der Waals surface area contributed by atoms with E-state index in [2.05, 4.69) is 9.97 Å². The molecule has 0 N–H and O–H groups in total. The van der Waals surface area contributed by atoms with Crippen LogP contribution in [0.25, 0.3) is 12.2 Å². The van der Waals surface area contributed by atoms with Gasteiger partial charge in [0.15, 0.2) is 0 Å². The topological polar surface area (TPSA) is 84.9 Å². The molecule has 33 heavy (non-hydrogen) atoms. The molecule has 2 aromatic rings. The number of piperidine rings is 1. The highest BCUT2D eigenvalue weighted by Crippen LogP contribution is 2.40. The predicted molar refractivity (Wildman–Crippen MR) is 127 cm³/mol. The maximum Gasteiger partial charge on any atom is 0.319 e. The average Bonchev–Trinajstić information content (AvgIpc) is 3.52. The number of hydrogen-bond acceptors (Lipinski definition) is 7. The number of thiophene rings is 1. The number of ether oxygens (including phenoxy) is 2. The molecule has 2 saturated heterocycles. The molecule has 0 aromatic carbocycles. The Morgan fingerprint density at radius 1 is 1.03 bits per heavy atom. The fourth-order valence-corrected chi connectivity index (χ4v) is 5.01. The van der Waals surface area contributed by atoms with E-state index in [1.165, 1.54) is 14.2 Å². The van der Waals surface area contributed by atoms with Gasteiger partial charge in [-0.2, -0.15) is 16.3 Å². The Kier molecular flexibility index (Phi) is 7.08. The van der Waals surface area contributed by atoms with Gasteiger partial charge in [-0.05, 0) is 59.2 Å². The molecule has 174 valence electrons. The highest BCUT2D eigenvalue weighted by atomic mass is 32.1. The number of rotatable bonds is 6. The van der Waals surface area contributed by atoms with Crippen molar-refractivity contribution in [1.29, 1.82) is 0 Å². The van der Waals surface area contributed by atoms with Crippen molar-refractivity contribution in [3.8, 4) is 11.9 Å². The van der Waals surface area contributed by atoms with Crippen LogP contribution < -0.4 is 9.47 Å². The third-order valence-corrected chi connectivity index (χ3v) is 7.09. The van der Waals surface area contributed by atoms with Crippen LogP contribution in [0.15, 0.2) is 35.2 Å². The number of carbonyl (C=O) groups excluding carboxylic acids is 2. The van der Waals surface area contributed by atoms with Crippen LogP contribution in [-0.2, 0) is 9.59 Å². The lowest BCUT2D eigenvalue weighted by molar-refractivity contribution is -0.129. The number of nitrogens with zero attached hydrogens (tertiary/aromatic N) is 4. The van der Waals surface area contributed by atoms with Crippen LogP contribution in [0.3, 0.4) is 0 Å². The Balaban J connectivity index is 1.31. The molecule has 0 bridgehead atoms. The van der Waals surface area contributed by atoms with E-state index in [0.717, 1.165) is 51.0 Å². The minimum atomic E-state index is -0.0399. The first-order chi connectivity index (χ1) is 16.0. The van der Waals surface area contributed by atoms with Crippen molar-refractivity contribution < 1.29 is 19.1 Å². The molecule has 0 unspecified atom stereocenters. The third kappa shape index (κ3) is 5.42. The van der Waals surface area contributed by atoms with E-state index in [9.17, 15) is 9.59 Å². The average molecular weight is 469 g/mol. The zero-order valence-corrected chi connectivity index (χ0v) is 19.7. The first kappa shape index (κ1) is 23.0. The summed E-state index contributed by atoms with van der Waals surface area (Å²) in [6.07, 6.45) is 11.1. The van der Waals surface area contributed by atoms with Crippen molar-refractivity contribution in [3.63, 3.8) is 0 Å². The second-order valence-electron chi connectivity index (χ2n) is 8.38. The van der Waals surface area contributed by atoms with E-state index in [-0.39, 0.29) is 23.2 Å². The van der Waals surface area contributed by atoms with Gasteiger partial charge in [-0.1, -0.05) is 0 Å². The molecule has 2 aromatic heterocycles. The Hall–Kier alpha value is -3.20. The van der Waals surface area contributed by atoms with Crippen LogP contribution in [0.1, 0.15) is 30.4 Å². The van der Waals surface area contributed by atoms with Gasteiger partial charge in [0.25, 0.3) is 0 Å². The molecule has 2 aliphatic rings. The minimum absolute atomic E-state index is 0.0399. The number of methoxy groups -OCH3 is 2. The van der Waals surface area contributed by atoms with Crippen molar-refractivity contribution in [2.75, 3.05) is 40.4 Å². The molecule has 1 spiro atoms. The molecule has 4 rings (SSSR count). The summed E-state index contributed by atoms with van der Waals surface area (Å²) in [5.41, 5.74) is 1.76. The third-order valence-electron chi connectivity index (χ3n) is 6.39. The van der Waals surface area contributed by atoms with E-state index >= 15 is 0 Å². The lowest BCUT2D eigenvalue weighted by Crippen LogP contribution is -2.44. The Bertz CT molecular complexity index is 1040. The lowest BCUT2D eigenvalue weighted by Gasteiger charge is -2.38. The summed E-state index contributed by atoms with van der Waals surface area (Å²) in [5, 5.41) is 4.02. The van der Waals surface area contributed by atoms with Gasteiger partial charge < -0.3 is 19.3 Å². The van der Waals surface area contributed by atoms with Gasteiger partial charge in [-0.25, -0.2) is 4.98 Å². The summed E-state index contributed by atoms with van der Waals surface area (Å²) in [6, 6.07) is 2.21. The van der Waals surface area contributed by atoms with Gasteiger partial charge in [0.05, 0.1) is 19.8 Å².